The van der Waals surface area contributed by atoms with Crippen LogP contribution in [0.15, 0.2) is 0 Å². The van der Waals surface area contributed by atoms with Gasteiger partial charge < -0.3 is 30.9 Å². The molecule has 0 nitrogen and oxygen atoms in total. The predicted octanol–water partition coefficient (Wildman–Crippen LogP) is -0.0471. The molecule has 0 amide bonds. The molecule has 0 radical (unpaired) electrons. The summed E-state index contributed by atoms with van der Waals surface area (Å²) in [6.07, 6.45) is -11.7. The first-order valence-corrected chi connectivity index (χ1v) is 2.62. The Labute approximate surface area is 101 Å². The van der Waals surface area contributed by atoms with Gasteiger partial charge in [0.05, 0.1) is 0 Å². The van der Waals surface area contributed by atoms with Gasteiger partial charge in [-0.25, -0.2) is 0 Å². The number of halogens is 7. The Morgan fingerprint density at radius 2 is 1.15 bits per heavy atom. The zero-order valence-corrected chi connectivity index (χ0v) is 11.5. The van der Waals surface area contributed by atoms with E-state index in [4.69, 9.17) is 0 Å². The molecule has 0 saturated carbocycles. The van der Waals surface area contributed by atoms with Crippen molar-refractivity contribution in [2.24, 2.45) is 5.92 Å². The average molecular weight is 371 g/mol. The minimum absolute atomic E-state index is 0. The van der Waals surface area contributed by atoms with Crippen LogP contribution in [0.25, 0.3) is 0 Å². The first-order chi connectivity index (χ1) is 4.69. The maximum atomic E-state index is 11.5. The van der Waals surface area contributed by atoms with Gasteiger partial charge in [0.2, 0.25) is 0 Å². The van der Waals surface area contributed by atoms with Crippen molar-refractivity contribution < 1.29 is 69.8 Å². The molecular formula is C5H5F6IZn. The Morgan fingerprint density at radius 3 is 1.15 bits per heavy atom. The van der Waals surface area contributed by atoms with E-state index in [9.17, 15) is 26.3 Å². The quantitative estimate of drug-likeness (QED) is 0.263. The van der Waals surface area contributed by atoms with Crippen LogP contribution in [0.4, 0.5) is 26.3 Å². The van der Waals surface area contributed by atoms with Gasteiger partial charge in [-0.1, -0.05) is 0 Å². The van der Waals surface area contributed by atoms with E-state index in [2.05, 4.69) is 6.92 Å². The minimum atomic E-state index is -5.24. The molecule has 0 saturated heterocycles. The van der Waals surface area contributed by atoms with E-state index < -0.39 is 24.7 Å². The Morgan fingerprint density at radius 1 is 0.923 bits per heavy atom. The van der Waals surface area contributed by atoms with Gasteiger partial charge >= 0.3 is 31.8 Å². The zero-order chi connectivity index (χ0) is 9.28. The predicted molar refractivity (Wildman–Crippen MR) is 25.6 cm³/mol. The third-order valence-corrected chi connectivity index (χ3v) is 1.08. The van der Waals surface area contributed by atoms with E-state index in [1.807, 2.05) is 0 Å². The summed E-state index contributed by atoms with van der Waals surface area (Å²) in [5, 5.41) is 0. The molecule has 0 aliphatic heterocycles. The van der Waals surface area contributed by atoms with Crippen LogP contribution in [0.5, 0.6) is 0 Å². The molecule has 0 atom stereocenters. The van der Waals surface area contributed by atoms with E-state index in [0.717, 1.165) is 0 Å². The summed E-state index contributed by atoms with van der Waals surface area (Å²) >= 11 is 0. The van der Waals surface area contributed by atoms with Crippen LogP contribution >= 0.6 is 0 Å². The number of hydrogen-bond acceptors (Lipinski definition) is 0. The summed E-state index contributed by atoms with van der Waals surface area (Å²) in [6.45, 7) is 2.58. The van der Waals surface area contributed by atoms with Gasteiger partial charge in [0.15, 0.2) is 0 Å². The topological polar surface area (TPSA) is 0 Å². The Balaban J connectivity index is -0.000000500. The first kappa shape index (κ1) is 19.5. The summed E-state index contributed by atoms with van der Waals surface area (Å²) in [4.78, 5) is 0. The second-order valence-corrected chi connectivity index (χ2v) is 1.92. The molecule has 76 valence electrons. The van der Waals surface area contributed by atoms with Gasteiger partial charge in [-0.15, -0.1) is 0 Å². The van der Waals surface area contributed by atoms with Crippen LogP contribution in [-0.4, -0.2) is 12.4 Å². The molecule has 0 aliphatic rings. The normalized spacial score (nSPS) is 12.0. The zero-order valence-electron chi connectivity index (χ0n) is 6.34. The molecule has 0 bridgehead atoms. The molecule has 0 N–H and O–H groups in total. The number of hydrogen-bond donors (Lipinski definition) is 0. The summed E-state index contributed by atoms with van der Waals surface area (Å²) < 4.78 is 68.7. The Kier molecular flexibility index (Phi) is 9.63. The monoisotopic (exact) mass is 370 g/mol. The van der Waals surface area contributed by atoms with Gasteiger partial charge in [0, 0.05) is 0 Å². The second-order valence-electron chi connectivity index (χ2n) is 1.92. The van der Waals surface area contributed by atoms with Crippen molar-refractivity contribution in [3.05, 3.63) is 6.92 Å². The van der Waals surface area contributed by atoms with E-state index in [0.29, 0.717) is 0 Å². The van der Waals surface area contributed by atoms with Crippen LogP contribution in [-0.2, 0) is 19.5 Å². The molecule has 0 spiro atoms. The number of rotatable bonds is 1. The molecule has 0 unspecified atom stereocenters. The third-order valence-electron chi connectivity index (χ3n) is 1.08. The van der Waals surface area contributed by atoms with E-state index >= 15 is 0 Å². The molecule has 0 fully saturated rings. The molecule has 0 aromatic heterocycles. The smallest absolute Gasteiger partial charge is 1.00 e. The van der Waals surface area contributed by atoms with E-state index in [1.165, 1.54) is 0 Å². The van der Waals surface area contributed by atoms with Gasteiger partial charge in [-0.2, -0.15) is 32.8 Å². The summed E-state index contributed by atoms with van der Waals surface area (Å²) in [5.74, 6) is -3.30. The van der Waals surface area contributed by atoms with Crippen molar-refractivity contribution in [2.75, 3.05) is 0 Å². The first-order valence-electron chi connectivity index (χ1n) is 2.62. The van der Waals surface area contributed by atoms with Crippen molar-refractivity contribution in [3.63, 3.8) is 0 Å². The van der Waals surface area contributed by atoms with Gasteiger partial charge in [0.1, 0.15) is 5.92 Å². The van der Waals surface area contributed by atoms with E-state index in [1.54, 1.807) is 0 Å². The second kappa shape index (κ2) is 6.42. The standard InChI is InChI=1S/C5H5F6.HI.Zn/c1-2-3(4(6,7)8)5(9,10)11;;/h3H,1-2H2;1H;/q-1;;+2/p-1. The van der Waals surface area contributed by atoms with Crippen molar-refractivity contribution in [2.45, 2.75) is 18.8 Å². The molecule has 0 heterocycles. The van der Waals surface area contributed by atoms with Crippen molar-refractivity contribution >= 4 is 0 Å². The molecule has 0 aromatic rings. The number of alkyl halides is 6. The summed E-state index contributed by atoms with van der Waals surface area (Å²) in [5.41, 5.74) is 0. The SMILES string of the molecule is [CH2-]CC(C(F)(F)F)C(F)(F)F.[I-].[Zn+2]. The van der Waals surface area contributed by atoms with Crippen LogP contribution in [0, 0.1) is 12.8 Å². The van der Waals surface area contributed by atoms with Crippen LogP contribution in [0.2, 0.25) is 0 Å². The van der Waals surface area contributed by atoms with Crippen LogP contribution < -0.4 is 24.0 Å². The molecule has 0 rings (SSSR count). The maximum absolute atomic E-state index is 11.5. The summed E-state index contributed by atoms with van der Waals surface area (Å²) in [7, 11) is 0. The fraction of sp³-hybridized carbons (Fsp3) is 0.800. The largest absolute Gasteiger partial charge is 2.00 e. The fourth-order valence-corrected chi connectivity index (χ4v) is 0.513. The molecule has 13 heavy (non-hydrogen) atoms. The Bertz CT molecular complexity index is 116. The van der Waals surface area contributed by atoms with E-state index in [-0.39, 0.29) is 43.5 Å². The minimum Gasteiger partial charge on any atom is -1.00 e. The van der Waals surface area contributed by atoms with Crippen molar-refractivity contribution in [1.82, 2.24) is 0 Å². The maximum Gasteiger partial charge on any atom is 2.00 e. The van der Waals surface area contributed by atoms with Gasteiger partial charge in [0.25, 0.3) is 0 Å². The van der Waals surface area contributed by atoms with Gasteiger partial charge in [-0.05, 0) is 0 Å². The fourth-order valence-electron chi connectivity index (χ4n) is 0.513. The average Bonchev–Trinajstić information content (AvgIpc) is 1.56. The molecule has 0 aliphatic carbocycles. The van der Waals surface area contributed by atoms with Crippen molar-refractivity contribution in [3.8, 4) is 0 Å². The van der Waals surface area contributed by atoms with Gasteiger partial charge in [-0.3, -0.25) is 0 Å². The molecular weight excluding hydrogens is 366 g/mol. The Hall–Kier alpha value is 0.933. The van der Waals surface area contributed by atoms with Crippen LogP contribution in [0.3, 0.4) is 0 Å². The molecule has 0 aromatic carbocycles. The van der Waals surface area contributed by atoms with Crippen molar-refractivity contribution in [1.29, 1.82) is 0 Å². The third kappa shape index (κ3) is 6.93. The molecule has 8 heteroatoms. The summed E-state index contributed by atoms with van der Waals surface area (Å²) in [6, 6.07) is 0. The van der Waals surface area contributed by atoms with Crippen LogP contribution in [0.1, 0.15) is 6.42 Å².